The van der Waals surface area contributed by atoms with Crippen LogP contribution in [0.3, 0.4) is 0 Å². The standard InChI is InChI=1S/C21H16ClNO6S/c1-28-17-8-12(2-7-16(17)29-11-20(25)26)9-18-21(27)23-19(30-18)10-15(24)13-3-5-14(22)6-4-13/h2-10H,11H2,1H3,(H,23,27)(H,25,26)/b18-9+,19-10-. The van der Waals surface area contributed by atoms with Crippen LogP contribution >= 0.6 is 22.9 Å². The normalized spacial score (nSPS) is 12.1. The summed E-state index contributed by atoms with van der Waals surface area (Å²) in [5.74, 6) is -0.741. The number of aliphatic carboxylic acids is 1. The maximum atomic E-state index is 12.3. The summed E-state index contributed by atoms with van der Waals surface area (Å²) in [6, 6.07) is 11.3. The number of nitrogens with one attached hydrogen (secondary N) is 1. The van der Waals surface area contributed by atoms with Gasteiger partial charge in [0.25, 0.3) is 5.56 Å². The number of aromatic amines is 1. The van der Waals surface area contributed by atoms with Crippen molar-refractivity contribution in [1.82, 2.24) is 4.98 Å². The Balaban J connectivity index is 1.90. The van der Waals surface area contributed by atoms with E-state index < -0.39 is 12.6 Å². The van der Waals surface area contributed by atoms with E-state index in [0.29, 0.717) is 31.1 Å². The zero-order valence-corrected chi connectivity index (χ0v) is 17.3. The highest BCUT2D eigenvalue weighted by Crippen LogP contribution is 2.28. The van der Waals surface area contributed by atoms with Gasteiger partial charge >= 0.3 is 5.97 Å². The Labute approximate surface area is 179 Å². The molecule has 1 aromatic heterocycles. The van der Waals surface area contributed by atoms with Gasteiger partial charge in [-0.2, -0.15) is 0 Å². The maximum absolute atomic E-state index is 12.3. The molecular formula is C21H16ClNO6S. The topological polar surface area (TPSA) is 106 Å². The van der Waals surface area contributed by atoms with Gasteiger partial charge in [0.05, 0.1) is 16.3 Å². The predicted octanol–water partition coefficient (Wildman–Crippen LogP) is 2.05. The first-order chi connectivity index (χ1) is 14.4. The average Bonchev–Trinajstić information content (AvgIpc) is 3.05. The highest BCUT2D eigenvalue weighted by atomic mass is 35.5. The van der Waals surface area contributed by atoms with E-state index in [1.54, 1.807) is 48.5 Å². The fourth-order valence-electron chi connectivity index (χ4n) is 2.52. The molecule has 0 spiro atoms. The number of thiazole rings is 1. The van der Waals surface area contributed by atoms with E-state index in [4.69, 9.17) is 26.2 Å². The number of hydrogen-bond donors (Lipinski definition) is 2. The summed E-state index contributed by atoms with van der Waals surface area (Å²) in [6.45, 7) is -0.495. The molecule has 3 aromatic rings. The lowest BCUT2D eigenvalue weighted by molar-refractivity contribution is -0.139. The van der Waals surface area contributed by atoms with Gasteiger partial charge in [0.15, 0.2) is 23.9 Å². The van der Waals surface area contributed by atoms with Gasteiger partial charge in [0.1, 0.15) is 0 Å². The van der Waals surface area contributed by atoms with E-state index in [9.17, 15) is 14.4 Å². The van der Waals surface area contributed by atoms with Crippen LogP contribution in [0.1, 0.15) is 15.9 Å². The van der Waals surface area contributed by atoms with E-state index in [0.717, 1.165) is 11.3 Å². The molecule has 7 nitrogen and oxygen atoms in total. The van der Waals surface area contributed by atoms with Gasteiger partial charge in [-0.05, 0) is 48.0 Å². The smallest absolute Gasteiger partial charge is 0.341 e. The van der Waals surface area contributed by atoms with E-state index in [1.165, 1.54) is 13.2 Å². The monoisotopic (exact) mass is 445 g/mol. The van der Waals surface area contributed by atoms with Crippen LogP contribution in [0, 0.1) is 0 Å². The number of rotatable bonds is 7. The van der Waals surface area contributed by atoms with Gasteiger partial charge in [-0.1, -0.05) is 17.7 Å². The summed E-state index contributed by atoms with van der Waals surface area (Å²) in [4.78, 5) is 37.9. The number of Topliss-reactive ketones (excluding diaryl/α,β-unsaturated/α-hetero) is 1. The molecule has 0 aliphatic rings. The largest absolute Gasteiger partial charge is 0.493 e. The number of H-pyrrole nitrogens is 1. The van der Waals surface area contributed by atoms with Gasteiger partial charge in [0.2, 0.25) is 0 Å². The molecule has 1 heterocycles. The van der Waals surface area contributed by atoms with Crippen LogP contribution in [-0.2, 0) is 4.79 Å². The summed E-state index contributed by atoms with van der Waals surface area (Å²) >= 11 is 6.96. The van der Waals surface area contributed by atoms with Crippen molar-refractivity contribution in [2.75, 3.05) is 13.7 Å². The molecule has 3 rings (SSSR count). The van der Waals surface area contributed by atoms with Gasteiger partial charge in [0, 0.05) is 16.7 Å². The van der Waals surface area contributed by atoms with Crippen molar-refractivity contribution in [3.8, 4) is 11.5 Å². The number of benzene rings is 2. The number of halogens is 1. The lowest BCUT2D eigenvalue weighted by Gasteiger charge is -2.09. The Bertz CT molecular complexity index is 1260. The molecule has 0 radical (unpaired) electrons. The van der Waals surface area contributed by atoms with Crippen molar-refractivity contribution in [2.45, 2.75) is 0 Å². The number of ketones is 1. The number of carboxylic acid groups (broad SMARTS) is 1. The van der Waals surface area contributed by atoms with Crippen LogP contribution in [0.25, 0.3) is 12.2 Å². The molecule has 0 saturated heterocycles. The molecule has 30 heavy (non-hydrogen) atoms. The Morgan fingerprint density at radius 2 is 1.90 bits per heavy atom. The van der Waals surface area contributed by atoms with Crippen LogP contribution in [0.2, 0.25) is 5.02 Å². The number of carbonyl (C=O) groups excluding carboxylic acids is 1. The molecule has 2 aromatic carbocycles. The second-order valence-electron chi connectivity index (χ2n) is 6.04. The molecule has 2 N–H and O–H groups in total. The number of hydrogen-bond acceptors (Lipinski definition) is 6. The van der Waals surface area contributed by atoms with Crippen molar-refractivity contribution in [1.29, 1.82) is 0 Å². The second-order valence-corrected chi connectivity index (χ2v) is 7.56. The number of carbonyl (C=O) groups is 2. The number of methoxy groups -OCH3 is 1. The Kier molecular flexibility index (Phi) is 6.71. The minimum atomic E-state index is -1.10. The molecule has 0 atom stereocenters. The Morgan fingerprint density at radius 3 is 2.57 bits per heavy atom. The Hall–Kier alpha value is -3.36. The van der Waals surface area contributed by atoms with Gasteiger partial charge in [-0.15, -0.1) is 11.3 Å². The summed E-state index contributed by atoms with van der Waals surface area (Å²) in [6.07, 6.45) is 2.99. The summed E-state index contributed by atoms with van der Waals surface area (Å²) < 4.78 is 11.2. The van der Waals surface area contributed by atoms with Crippen molar-refractivity contribution < 1.29 is 24.2 Å². The molecule has 0 aliphatic heterocycles. The van der Waals surface area contributed by atoms with Crippen LogP contribution < -0.4 is 24.2 Å². The quantitative estimate of drug-likeness (QED) is 0.539. The molecule has 154 valence electrons. The molecular weight excluding hydrogens is 430 g/mol. The summed E-state index contributed by atoms with van der Waals surface area (Å²) in [5, 5.41) is 9.26. The van der Waals surface area contributed by atoms with Gasteiger partial charge in [-0.3, -0.25) is 9.59 Å². The van der Waals surface area contributed by atoms with Crippen molar-refractivity contribution >= 4 is 46.8 Å². The van der Waals surface area contributed by atoms with E-state index in [2.05, 4.69) is 4.98 Å². The SMILES string of the molecule is COc1cc(/C=c2/s/c(=C\C(=O)c3ccc(Cl)cc3)[nH]c2=O)ccc1OCC(=O)O. The first kappa shape index (κ1) is 21.4. The van der Waals surface area contributed by atoms with E-state index >= 15 is 0 Å². The average molecular weight is 446 g/mol. The fraction of sp³-hybridized carbons (Fsp3) is 0.0952. The zero-order chi connectivity index (χ0) is 21.7. The molecule has 0 aliphatic carbocycles. The third kappa shape index (κ3) is 5.37. The summed E-state index contributed by atoms with van der Waals surface area (Å²) in [5.41, 5.74) is 0.777. The van der Waals surface area contributed by atoms with Crippen molar-refractivity contribution in [2.24, 2.45) is 0 Å². The lowest BCUT2D eigenvalue weighted by atomic mass is 10.1. The van der Waals surface area contributed by atoms with E-state index in [-0.39, 0.29) is 17.1 Å². The first-order valence-corrected chi connectivity index (χ1v) is 9.80. The minimum absolute atomic E-state index is 0.252. The van der Waals surface area contributed by atoms with Crippen LogP contribution in [-0.4, -0.2) is 35.6 Å². The fourth-order valence-corrected chi connectivity index (χ4v) is 3.54. The number of carboxylic acids is 1. The van der Waals surface area contributed by atoms with Crippen LogP contribution in [0.5, 0.6) is 11.5 Å². The Morgan fingerprint density at radius 1 is 1.17 bits per heavy atom. The third-order valence-electron chi connectivity index (χ3n) is 3.91. The van der Waals surface area contributed by atoms with Gasteiger partial charge in [-0.25, -0.2) is 4.79 Å². The molecule has 0 bridgehead atoms. The lowest BCUT2D eigenvalue weighted by Crippen LogP contribution is -2.20. The number of aromatic nitrogens is 1. The van der Waals surface area contributed by atoms with E-state index in [1.807, 2.05) is 0 Å². The minimum Gasteiger partial charge on any atom is -0.493 e. The molecule has 0 saturated carbocycles. The van der Waals surface area contributed by atoms with Crippen molar-refractivity contribution in [3.05, 3.63) is 78.2 Å². The number of ether oxygens (including phenoxy) is 2. The molecule has 0 unspecified atom stereocenters. The zero-order valence-electron chi connectivity index (χ0n) is 15.7. The maximum Gasteiger partial charge on any atom is 0.341 e. The second kappa shape index (κ2) is 9.43. The highest BCUT2D eigenvalue weighted by molar-refractivity contribution is 7.07. The molecule has 9 heteroatoms. The molecule has 0 fully saturated rings. The van der Waals surface area contributed by atoms with Crippen LogP contribution in [0.15, 0.2) is 47.3 Å². The van der Waals surface area contributed by atoms with Gasteiger partial charge < -0.3 is 19.6 Å². The predicted molar refractivity (Wildman–Crippen MR) is 114 cm³/mol. The third-order valence-corrected chi connectivity index (χ3v) is 5.12. The highest BCUT2D eigenvalue weighted by Gasteiger charge is 2.08. The van der Waals surface area contributed by atoms with Crippen LogP contribution in [0.4, 0.5) is 0 Å². The molecule has 0 amide bonds. The summed E-state index contributed by atoms with van der Waals surface area (Å²) in [7, 11) is 1.43. The first-order valence-electron chi connectivity index (χ1n) is 8.61. The van der Waals surface area contributed by atoms with Crippen molar-refractivity contribution in [3.63, 3.8) is 0 Å².